The van der Waals surface area contributed by atoms with E-state index in [4.69, 9.17) is 10.5 Å². The lowest BCUT2D eigenvalue weighted by Crippen LogP contribution is -2.30. The average Bonchev–Trinajstić information content (AvgIpc) is 2.52. The van der Waals surface area contributed by atoms with E-state index >= 15 is 0 Å². The summed E-state index contributed by atoms with van der Waals surface area (Å²) in [5.41, 5.74) is 8.27. The Bertz CT molecular complexity index is 724. The molecule has 0 spiro atoms. The molecule has 2 amide bonds. The zero-order valence-corrected chi connectivity index (χ0v) is 13.4. The van der Waals surface area contributed by atoms with Crippen molar-refractivity contribution in [2.24, 2.45) is 5.73 Å². The van der Waals surface area contributed by atoms with Gasteiger partial charge in [-0.1, -0.05) is 12.1 Å². The Hall–Kier alpha value is -2.82. The Balaban J connectivity index is 2.02. The number of nitrogens with one attached hydrogen (secondary N) is 1. The summed E-state index contributed by atoms with van der Waals surface area (Å²) in [5.74, 6) is -0.0797. The molecule has 0 aliphatic carbocycles. The third kappa shape index (κ3) is 4.10. The van der Waals surface area contributed by atoms with Gasteiger partial charge in [-0.15, -0.1) is 0 Å². The van der Waals surface area contributed by atoms with E-state index in [-0.39, 0.29) is 5.91 Å². The van der Waals surface area contributed by atoms with Crippen LogP contribution < -0.4 is 15.8 Å². The molecule has 0 saturated heterocycles. The lowest BCUT2D eigenvalue weighted by Gasteiger charge is -2.17. The smallest absolute Gasteiger partial charge is 0.265 e. The van der Waals surface area contributed by atoms with Gasteiger partial charge in [0.2, 0.25) is 5.91 Å². The number of carbonyl (C=O) groups excluding carboxylic acids is 2. The highest BCUT2D eigenvalue weighted by Crippen LogP contribution is 2.22. The first-order valence-corrected chi connectivity index (χ1v) is 7.32. The van der Waals surface area contributed by atoms with Gasteiger partial charge in [-0.25, -0.2) is 0 Å². The highest BCUT2D eigenvalue weighted by molar-refractivity contribution is 5.96. The maximum absolute atomic E-state index is 12.2. The number of rotatable bonds is 5. The highest BCUT2D eigenvalue weighted by Gasteiger charge is 2.16. The van der Waals surface area contributed by atoms with Gasteiger partial charge in [0.05, 0.1) is 0 Å². The van der Waals surface area contributed by atoms with Crippen LogP contribution in [0.25, 0.3) is 0 Å². The third-order valence-electron chi connectivity index (χ3n) is 3.66. The molecule has 0 aliphatic rings. The zero-order chi connectivity index (χ0) is 17.0. The van der Waals surface area contributed by atoms with Gasteiger partial charge < -0.3 is 15.8 Å². The number of benzene rings is 2. The van der Waals surface area contributed by atoms with Crippen molar-refractivity contribution >= 4 is 17.5 Å². The highest BCUT2D eigenvalue weighted by atomic mass is 16.5. The molecule has 0 heterocycles. The average molecular weight is 312 g/mol. The molecule has 0 unspecified atom stereocenters. The fraction of sp³-hybridized carbons (Fsp3) is 0.222. The first-order valence-electron chi connectivity index (χ1n) is 7.32. The molecule has 2 aromatic carbocycles. The number of carbonyl (C=O) groups is 2. The summed E-state index contributed by atoms with van der Waals surface area (Å²) in [6.45, 7) is 5.64. The summed E-state index contributed by atoms with van der Waals surface area (Å²) in [6.07, 6.45) is -0.647. The minimum absolute atomic E-state index is 0.266. The molecular weight excluding hydrogens is 292 g/mol. The molecule has 2 rings (SSSR count). The van der Waals surface area contributed by atoms with Crippen LogP contribution in [0.4, 0.5) is 5.69 Å². The van der Waals surface area contributed by atoms with Crippen LogP contribution >= 0.6 is 0 Å². The number of nitrogens with two attached hydrogens (primary N) is 1. The summed E-state index contributed by atoms with van der Waals surface area (Å²) >= 11 is 0. The molecule has 0 bridgehead atoms. The van der Waals surface area contributed by atoms with Gasteiger partial charge in [-0.05, 0) is 62.2 Å². The Morgan fingerprint density at radius 1 is 1.09 bits per heavy atom. The fourth-order valence-electron chi connectivity index (χ4n) is 2.06. The lowest BCUT2D eigenvalue weighted by molar-refractivity contribution is -0.122. The summed E-state index contributed by atoms with van der Waals surface area (Å²) in [6, 6.07) is 12.1. The van der Waals surface area contributed by atoms with Crippen molar-refractivity contribution in [1.29, 1.82) is 0 Å². The Kier molecular flexibility index (Phi) is 5.01. The number of aryl methyl sites for hydroxylation is 1. The maximum atomic E-state index is 12.2. The van der Waals surface area contributed by atoms with E-state index < -0.39 is 12.0 Å². The molecule has 2 aromatic rings. The molecule has 5 heteroatoms. The van der Waals surface area contributed by atoms with Crippen LogP contribution in [0, 0.1) is 13.8 Å². The van der Waals surface area contributed by atoms with Crippen LogP contribution in [0.2, 0.25) is 0 Å². The van der Waals surface area contributed by atoms with Crippen LogP contribution in [0.5, 0.6) is 5.75 Å². The van der Waals surface area contributed by atoms with Gasteiger partial charge in [0, 0.05) is 11.3 Å². The monoisotopic (exact) mass is 312 g/mol. The number of amides is 2. The quantitative estimate of drug-likeness (QED) is 0.890. The van der Waals surface area contributed by atoms with E-state index in [2.05, 4.69) is 5.32 Å². The van der Waals surface area contributed by atoms with E-state index in [0.29, 0.717) is 17.0 Å². The normalized spacial score (nSPS) is 11.6. The molecule has 23 heavy (non-hydrogen) atoms. The Morgan fingerprint density at radius 2 is 1.74 bits per heavy atom. The van der Waals surface area contributed by atoms with E-state index in [1.54, 1.807) is 31.2 Å². The van der Waals surface area contributed by atoms with Gasteiger partial charge in [-0.3, -0.25) is 9.59 Å². The van der Waals surface area contributed by atoms with Crippen molar-refractivity contribution in [1.82, 2.24) is 0 Å². The molecule has 1 atom stereocenters. The predicted molar refractivity (Wildman–Crippen MR) is 89.6 cm³/mol. The first-order chi connectivity index (χ1) is 10.9. The van der Waals surface area contributed by atoms with Crippen molar-refractivity contribution in [3.05, 3.63) is 59.2 Å². The van der Waals surface area contributed by atoms with Crippen molar-refractivity contribution in [2.75, 3.05) is 5.32 Å². The minimum Gasteiger partial charge on any atom is -0.481 e. The van der Waals surface area contributed by atoms with E-state index in [1.165, 1.54) is 0 Å². The van der Waals surface area contributed by atoms with Crippen LogP contribution in [-0.2, 0) is 4.79 Å². The molecule has 3 N–H and O–H groups in total. The largest absolute Gasteiger partial charge is 0.481 e. The van der Waals surface area contributed by atoms with Gasteiger partial charge >= 0.3 is 0 Å². The second kappa shape index (κ2) is 6.96. The van der Waals surface area contributed by atoms with Crippen molar-refractivity contribution in [3.63, 3.8) is 0 Å². The SMILES string of the molecule is Cc1cccc(O[C@@H](C)C(=O)Nc2ccc(C(N)=O)cc2)c1C. The molecular formula is C18H20N2O3. The van der Waals surface area contributed by atoms with Crippen molar-refractivity contribution < 1.29 is 14.3 Å². The molecule has 0 radical (unpaired) electrons. The van der Waals surface area contributed by atoms with Crippen molar-refractivity contribution in [2.45, 2.75) is 26.9 Å². The minimum atomic E-state index is -0.647. The summed E-state index contributed by atoms with van der Waals surface area (Å²) in [7, 11) is 0. The standard InChI is InChI=1S/C18H20N2O3/c1-11-5-4-6-16(12(11)2)23-13(3)18(22)20-15-9-7-14(8-10-15)17(19)21/h4-10,13H,1-3H3,(H2,19,21)(H,20,22)/t13-/m0/s1. The molecule has 120 valence electrons. The summed E-state index contributed by atoms with van der Waals surface area (Å²) < 4.78 is 5.74. The summed E-state index contributed by atoms with van der Waals surface area (Å²) in [4.78, 5) is 23.2. The van der Waals surface area contributed by atoms with Crippen LogP contribution in [0.3, 0.4) is 0 Å². The molecule has 5 nitrogen and oxygen atoms in total. The lowest BCUT2D eigenvalue weighted by atomic mass is 10.1. The number of hydrogen-bond donors (Lipinski definition) is 2. The van der Waals surface area contributed by atoms with Gasteiger partial charge in [0.15, 0.2) is 6.10 Å². The number of ether oxygens (including phenoxy) is 1. The van der Waals surface area contributed by atoms with Crippen molar-refractivity contribution in [3.8, 4) is 5.75 Å². The van der Waals surface area contributed by atoms with Crippen LogP contribution in [-0.4, -0.2) is 17.9 Å². The van der Waals surface area contributed by atoms with Gasteiger partial charge in [0.25, 0.3) is 5.91 Å². The van der Waals surface area contributed by atoms with E-state index in [9.17, 15) is 9.59 Å². The predicted octanol–water partition coefficient (Wildman–Crippen LogP) is 2.81. The molecule has 0 aliphatic heterocycles. The molecule has 0 saturated carbocycles. The van der Waals surface area contributed by atoms with E-state index in [0.717, 1.165) is 11.1 Å². The Morgan fingerprint density at radius 3 is 2.35 bits per heavy atom. The topological polar surface area (TPSA) is 81.4 Å². The first kappa shape index (κ1) is 16.5. The van der Waals surface area contributed by atoms with Gasteiger partial charge in [0.1, 0.15) is 5.75 Å². The third-order valence-corrected chi connectivity index (χ3v) is 3.66. The fourth-order valence-corrected chi connectivity index (χ4v) is 2.06. The number of hydrogen-bond acceptors (Lipinski definition) is 3. The number of primary amides is 1. The van der Waals surface area contributed by atoms with Crippen LogP contribution in [0.15, 0.2) is 42.5 Å². The van der Waals surface area contributed by atoms with Gasteiger partial charge in [-0.2, -0.15) is 0 Å². The molecule has 0 fully saturated rings. The zero-order valence-electron chi connectivity index (χ0n) is 13.4. The van der Waals surface area contributed by atoms with Crippen LogP contribution in [0.1, 0.15) is 28.4 Å². The number of anilines is 1. The second-order valence-electron chi connectivity index (χ2n) is 5.39. The second-order valence-corrected chi connectivity index (χ2v) is 5.39. The van der Waals surface area contributed by atoms with E-state index in [1.807, 2.05) is 32.0 Å². The Labute approximate surface area is 135 Å². The summed E-state index contributed by atoms with van der Waals surface area (Å²) in [5, 5.41) is 2.75. The maximum Gasteiger partial charge on any atom is 0.265 e. The molecule has 0 aromatic heterocycles.